The summed E-state index contributed by atoms with van der Waals surface area (Å²) in [4.78, 5) is 0. The zero-order valence-corrected chi connectivity index (χ0v) is 6.92. The van der Waals surface area contributed by atoms with Gasteiger partial charge < -0.3 is 4.74 Å². The van der Waals surface area contributed by atoms with Crippen LogP contribution in [0.5, 0.6) is 0 Å². The first-order valence-corrected chi connectivity index (χ1v) is 4.33. The quantitative estimate of drug-likeness (QED) is 0.481. The van der Waals surface area contributed by atoms with Gasteiger partial charge in [0.2, 0.25) is 0 Å². The van der Waals surface area contributed by atoms with E-state index < -0.39 is 0 Å². The fourth-order valence-corrected chi connectivity index (χ4v) is 1.78. The van der Waals surface area contributed by atoms with Crippen molar-refractivity contribution in [1.82, 2.24) is 0 Å². The van der Waals surface area contributed by atoms with Crippen molar-refractivity contribution in [3.8, 4) is 0 Å². The second-order valence-corrected chi connectivity index (χ2v) is 3.42. The van der Waals surface area contributed by atoms with Gasteiger partial charge in [0.05, 0.1) is 13.2 Å². The predicted molar refractivity (Wildman–Crippen MR) is 45.3 cm³/mol. The Hall–Kier alpha value is -0.560. The van der Waals surface area contributed by atoms with Crippen LogP contribution in [-0.2, 0) is 4.74 Å². The summed E-state index contributed by atoms with van der Waals surface area (Å²) in [5.74, 6) is 1.24. The summed E-state index contributed by atoms with van der Waals surface area (Å²) in [7, 11) is 0. The van der Waals surface area contributed by atoms with Gasteiger partial charge in [-0.2, -0.15) is 0 Å². The molecule has 0 radical (unpaired) electrons. The molecule has 2 atom stereocenters. The molecule has 60 valence electrons. The monoisotopic (exact) mass is 150 g/mol. The summed E-state index contributed by atoms with van der Waals surface area (Å²) in [6.07, 6.45) is 8.08. The summed E-state index contributed by atoms with van der Waals surface area (Å²) in [5, 5.41) is 0. The average molecular weight is 150 g/mol. The smallest absolute Gasteiger partial charge is 0.0566 e. The highest BCUT2D eigenvalue weighted by molar-refractivity contribution is 5.23. The Morgan fingerprint density at radius 3 is 3.27 bits per heavy atom. The van der Waals surface area contributed by atoms with Crippen LogP contribution < -0.4 is 0 Å². The number of ether oxygens (including phenoxy) is 1. The van der Waals surface area contributed by atoms with Crippen LogP contribution in [0.25, 0.3) is 0 Å². The molecule has 0 N–H and O–H groups in total. The Labute approximate surface area is 67.7 Å². The Bertz CT molecular complexity index is 203. The maximum Gasteiger partial charge on any atom is 0.0566 e. The van der Waals surface area contributed by atoms with Crippen LogP contribution in [0.4, 0.5) is 0 Å². The van der Waals surface area contributed by atoms with E-state index in [1.54, 1.807) is 5.57 Å². The third-order valence-electron chi connectivity index (χ3n) is 2.43. The third-order valence-corrected chi connectivity index (χ3v) is 2.43. The van der Waals surface area contributed by atoms with E-state index in [9.17, 15) is 0 Å². The molecule has 0 aromatic rings. The van der Waals surface area contributed by atoms with Gasteiger partial charge in [0, 0.05) is 5.92 Å². The van der Waals surface area contributed by atoms with Crippen molar-refractivity contribution in [2.75, 3.05) is 13.2 Å². The lowest BCUT2D eigenvalue weighted by Gasteiger charge is -2.26. The molecule has 1 fully saturated rings. The van der Waals surface area contributed by atoms with Crippen LogP contribution in [0, 0.1) is 11.8 Å². The van der Waals surface area contributed by atoms with E-state index in [2.05, 4.69) is 25.2 Å². The van der Waals surface area contributed by atoms with Gasteiger partial charge in [-0.25, -0.2) is 0 Å². The zero-order chi connectivity index (χ0) is 7.68. The van der Waals surface area contributed by atoms with E-state index in [4.69, 9.17) is 4.74 Å². The molecule has 1 nitrogen and oxygen atoms in total. The summed E-state index contributed by atoms with van der Waals surface area (Å²) in [5.41, 5.74) is 1.59. The van der Waals surface area contributed by atoms with Crippen molar-refractivity contribution < 1.29 is 4.74 Å². The Kier molecular flexibility index (Phi) is 1.82. The average Bonchev–Trinajstić information content (AvgIpc) is 2.04. The van der Waals surface area contributed by atoms with Gasteiger partial charge in [-0.1, -0.05) is 30.7 Å². The topological polar surface area (TPSA) is 9.23 Å². The first-order chi connectivity index (χ1) is 5.36. The van der Waals surface area contributed by atoms with Crippen LogP contribution >= 0.6 is 0 Å². The van der Waals surface area contributed by atoms with Crippen molar-refractivity contribution in [1.29, 1.82) is 0 Å². The summed E-state index contributed by atoms with van der Waals surface area (Å²) < 4.78 is 5.38. The van der Waals surface area contributed by atoms with Crippen molar-refractivity contribution in [2.24, 2.45) is 11.8 Å². The molecule has 11 heavy (non-hydrogen) atoms. The second kappa shape index (κ2) is 2.82. The molecule has 2 aliphatic rings. The van der Waals surface area contributed by atoms with E-state index in [0.29, 0.717) is 11.8 Å². The van der Waals surface area contributed by atoms with Crippen molar-refractivity contribution >= 4 is 0 Å². The van der Waals surface area contributed by atoms with Crippen LogP contribution in [0.15, 0.2) is 23.8 Å². The second-order valence-electron chi connectivity index (χ2n) is 3.42. The van der Waals surface area contributed by atoms with Crippen LogP contribution in [0.2, 0.25) is 0 Å². The molecule has 0 aromatic carbocycles. The highest BCUT2D eigenvalue weighted by atomic mass is 16.5. The molecule has 0 bridgehead atoms. The molecule has 1 heteroatoms. The molecular formula is C10H14O. The zero-order valence-electron chi connectivity index (χ0n) is 6.92. The highest BCUT2D eigenvalue weighted by Crippen LogP contribution is 2.27. The van der Waals surface area contributed by atoms with Gasteiger partial charge in [-0.15, -0.1) is 0 Å². The van der Waals surface area contributed by atoms with E-state index in [1.807, 2.05) is 0 Å². The summed E-state index contributed by atoms with van der Waals surface area (Å²) in [6.45, 7) is 4.05. The van der Waals surface area contributed by atoms with Gasteiger partial charge in [-0.3, -0.25) is 0 Å². The lowest BCUT2D eigenvalue weighted by molar-refractivity contribution is 0.0966. The van der Waals surface area contributed by atoms with Gasteiger partial charge in [0.25, 0.3) is 0 Å². The number of hydrogen-bond acceptors (Lipinski definition) is 1. The normalized spacial score (nSPS) is 36.3. The van der Waals surface area contributed by atoms with Crippen molar-refractivity contribution in [2.45, 2.75) is 13.3 Å². The summed E-state index contributed by atoms with van der Waals surface area (Å²) in [6, 6.07) is 0. The van der Waals surface area contributed by atoms with E-state index in [0.717, 1.165) is 19.6 Å². The maximum absolute atomic E-state index is 5.38. The molecule has 0 aromatic heterocycles. The fraction of sp³-hybridized carbons (Fsp3) is 0.600. The molecule has 0 amide bonds. The van der Waals surface area contributed by atoms with Crippen LogP contribution in [-0.4, -0.2) is 13.2 Å². The Morgan fingerprint density at radius 1 is 1.45 bits per heavy atom. The van der Waals surface area contributed by atoms with E-state index in [-0.39, 0.29) is 0 Å². The first-order valence-electron chi connectivity index (χ1n) is 4.33. The molecule has 0 unspecified atom stereocenters. The lowest BCUT2D eigenvalue weighted by atomic mass is 9.87. The molecule has 2 rings (SSSR count). The highest BCUT2D eigenvalue weighted by Gasteiger charge is 2.19. The minimum absolute atomic E-state index is 0.597. The molecule has 0 saturated carbocycles. The number of fused-ring (bicyclic) bond motifs is 1. The molecule has 1 saturated heterocycles. The van der Waals surface area contributed by atoms with Gasteiger partial charge in [-0.05, 0) is 12.3 Å². The molecule has 1 aliphatic heterocycles. The van der Waals surface area contributed by atoms with Crippen LogP contribution in [0.3, 0.4) is 0 Å². The van der Waals surface area contributed by atoms with Gasteiger partial charge >= 0.3 is 0 Å². The predicted octanol–water partition coefficient (Wildman–Crippen LogP) is 2.16. The van der Waals surface area contributed by atoms with Crippen LogP contribution in [0.1, 0.15) is 13.3 Å². The van der Waals surface area contributed by atoms with E-state index >= 15 is 0 Å². The summed E-state index contributed by atoms with van der Waals surface area (Å²) >= 11 is 0. The molecule has 1 aliphatic carbocycles. The van der Waals surface area contributed by atoms with Crippen molar-refractivity contribution in [3.05, 3.63) is 23.8 Å². The maximum atomic E-state index is 5.38. The SMILES string of the molecule is C[C@@H]1C=C[C@@H]2COCCC2=C1. The third kappa shape index (κ3) is 1.38. The standard InChI is InChI=1S/C10H14O/c1-8-2-3-10-7-11-5-4-9(10)6-8/h2-3,6,8,10H,4-5,7H2,1H3/t8-,10-/m1/s1. The minimum Gasteiger partial charge on any atom is -0.380 e. The largest absolute Gasteiger partial charge is 0.380 e. The fourth-order valence-electron chi connectivity index (χ4n) is 1.78. The lowest BCUT2D eigenvalue weighted by Crippen LogP contribution is -2.20. The number of rotatable bonds is 0. The number of allylic oxidation sites excluding steroid dienone is 2. The molecule has 1 heterocycles. The van der Waals surface area contributed by atoms with Gasteiger partial charge in [0.1, 0.15) is 0 Å². The first kappa shape index (κ1) is 7.11. The Morgan fingerprint density at radius 2 is 2.36 bits per heavy atom. The number of hydrogen-bond donors (Lipinski definition) is 0. The molecule has 0 spiro atoms. The van der Waals surface area contributed by atoms with E-state index in [1.165, 1.54) is 0 Å². The molecular weight excluding hydrogens is 136 g/mol. The van der Waals surface area contributed by atoms with Gasteiger partial charge in [0.15, 0.2) is 0 Å². The van der Waals surface area contributed by atoms with Crippen molar-refractivity contribution in [3.63, 3.8) is 0 Å². The Balaban J connectivity index is 2.15. The minimum atomic E-state index is 0.597.